The van der Waals surface area contributed by atoms with E-state index in [2.05, 4.69) is 43.2 Å². The predicted molar refractivity (Wildman–Crippen MR) is 138 cm³/mol. The molecule has 0 aliphatic carbocycles. The van der Waals surface area contributed by atoms with Gasteiger partial charge < -0.3 is 15.2 Å². The molecule has 3 aromatic rings. The van der Waals surface area contributed by atoms with Crippen LogP contribution in [0.2, 0.25) is 0 Å². The Morgan fingerprint density at radius 2 is 1.71 bits per heavy atom. The highest BCUT2D eigenvalue weighted by atomic mass is 16.5. The normalized spacial score (nSPS) is 10.6. The van der Waals surface area contributed by atoms with E-state index in [-0.39, 0.29) is 24.5 Å². The number of pyridine rings is 1. The van der Waals surface area contributed by atoms with Gasteiger partial charge in [-0.3, -0.25) is 9.78 Å². The Kier molecular flexibility index (Phi) is 9.98. The van der Waals surface area contributed by atoms with Gasteiger partial charge in [0.25, 0.3) is 5.91 Å². The first-order valence-electron chi connectivity index (χ1n) is 11.8. The van der Waals surface area contributed by atoms with Gasteiger partial charge in [-0.25, -0.2) is 0 Å². The van der Waals surface area contributed by atoms with E-state index in [1.54, 1.807) is 30.5 Å². The van der Waals surface area contributed by atoms with Crippen LogP contribution >= 0.6 is 0 Å². The highest BCUT2D eigenvalue weighted by molar-refractivity contribution is 5.94. The maximum Gasteiger partial charge on any atom is 0.251 e. The van der Waals surface area contributed by atoms with E-state index in [1.807, 2.05) is 39.0 Å². The van der Waals surface area contributed by atoms with Crippen molar-refractivity contribution in [3.8, 4) is 11.8 Å². The molecule has 6 nitrogen and oxygen atoms in total. The number of aliphatic hydroxyl groups excluding tert-OH is 1. The average molecular weight is 474 g/mol. The molecule has 0 bridgehead atoms. The number of benzene rings is 2. The molecule has 1 amide bonds. The lowest BCUT2D eigenvalue weighted by atomic mass is 9.87. The van der Waals surface area contributed by atoms with Crippen molar-refractivity contribution >= 4 is 5.91 Å². The van der Waals surface area contributed by atoms with E-state index >= 15 is 0 Å². The molecule has 0 spiro atoms. The maximum absolute atomic E-state index is 12.5. The highest BCUT2D eigenvalue weighted by Gasteiger charge is 2.16. The van der Waals surface area contributed by atoms with Gasteiger partial charge in [-0.2, -0.15) is 5.26 Å². The summed E-state index contributed by atoms with van der Waals surface area (Å²) < 4.78 is 6.06. The number of carbonyl (C=O) groups excluding carboxylic acids is 1. The first kappa shape index (κ1) is 27.6. The van der Waals surface area contributed by atoms with Crippen molar-refractivity contribution < 1.29 is 14.6 Å². The molecular weight excluding hydrogens is 438 g/mol. The molecule has 0 fully saturated rings. The molecule has 0 aliphatic rings. The van der Waals surface area contributed by atoms with Gasteiger partial charge in [0.2, 0.25) is 0 Å². The quantitative estimate of drug-likeness (QED) is 0.467. The Morgan fingerprint density at radius 3 is 2.26 bits per heavy atom. The van der Waals surface area contributed by atoms with Crippen LogP contribution in [0.15, 0.2) is 54.7 Å². The summed E-state index contributed by atoms with van der Waals surface area (Å²) in [5.74, 6) is 0.257. The third-order valence-corrected chi connectivity index (χ3v) is 5.48. The van der Waals surface area contributed by atoms with Gasteiger partial charge in [-0.15, -0.1) is 0 Å². The van der Waals surface area contributed by atoms with E-state index in [4.69, 9.17) is 10.00 Å². The maximum atomic E-state index is 12.5. The molecule has 0 aliphatic heterocycles. The van der Waals surface area contributed by atoms with Crippen molar-refractivity contribution in [1.82, 2.24) is 10.3 Å². The zero-order chi connectivity index (χ0) is 26.0. The number of nitrogens with one attached hydrogen (secondary N) is 1. The Labute approximate surface area is 208 Å². The first-order chi connectivity index (χ1) is 16.7. The van der Waals surface area contributed by atoms with Gasteiger partial charge in [0.05, 0.1) is 23.9 Å². The number of hydrogen-bond donors (Lipinski definition) is 2. The van der Waals surface area contributed by atoms with Crippen LogP contribution in [0.25, 0.3) is 0 Å². The highest BCUT2D eigenvalue weighted by Crippen LogP contribution is 2.27. The van der Waals surface area contributed by atoms with E-state index in [0.717, 1.165) is 5.56 Å². The number of aromatic nitrogens is 1. The molecular formula is C29H35N3O3. The largest absolute Gasteiger partial charge is 0.487 e. The molecule has 0 radical (unpaired) electrons. The SMILES string of the molecule is CC.Cc1ncc(CNC(=O)c2ccc(C#N)cc2)c(CO)c1OCc1ccc(C(C)(C)C)cc1. The minimum Gasteiger partial charge on any atom is -0.487 e. The van der Waals surface area contributed by atoms with Gasteiger partial charge in [0, 0.05) is 23.9 Å². The summed E-state index contributed by atoms with van der Waals surface area (Å²) in [5.41, 5.74) is 5.26. The molecule has 2 N–H and O–H groups in total. The fourth-order valence-electron chi connectivity index (χ4n) is 3.42. The number of carbonyl (C=O) groups is 1. The molecule has 3 rings (SSSR count). The zero-order valence-corrected chi connectivity index (χ0v) is 21.5. The van der Waals surface area contributed by atoms with E-state index in [1.165, 1.54) is 5.56 Å². The Balaban J connectivity index is 0.00000210. The van der Waals surface area contributed by atoms with Crippen molar-refractivity contribution in [2.24, 2.45) is 0 Å². The molecule has 0 saturated heterocycles. The van der Waals surface area contributed by atoms with Crippen molar-refractivity contribution in [2.45, 2.75) is 66.7 Å². The van der Waals surface area contributed by atoms with Crippen molar-refractivity contribution in [3.63, 3.8) is 0 Å². The van der Waals surface area contributed by atoms with E-state index in [0.29, 0.717) is 40.3 Å². The van der Waals surface area contributed by atoms with Crippen molar-refractivity contribution in [2.75, 3.05) is 0 Å². The first-order valence-corrected chi connectivity index (χ1v) is 11.8. The number of nitrogens with zero attached hydrogens (tertiary/aromatic N) is 2. The van der Waals surface area contributed by atoms with E-state index in [9.17, 15) is 9.90 Å². The molecule has 184 valence electrons. The van der Waals surface area contributed by atoms with Crippen molar-refractivity contribution in [1.29, 1.82) is 5.26 Å². The number of rotatable bonds is 7. The summed E-state index contributed by atoms with van der Waals surface area (Å²) >= 11 is 0. The fraction of sp³-hybridized carbons (Fsp3) is 0.345. The van der Waals surface area contributed by atoms with Gasteiger partial charge >= 0.3 is 0 Å². The second-order valence-corrected chi connectivity index (χ2v) is 8.94. The molecule has 0 atom stereocenters. The molecule has 1 aromatic heterocycles. The summed E-state index contributed by atoms with van der Waals surface area (Å²) in [5, 5.41) is 21.8. The second-order valence-electron chi connectivity index (χ2n) is 8.94. The topological polar surface area (TPSA) is 95.2 Å². The van der Waals surface area contributed by atoms with Gasteiger partial charge in [0.15, 0.2) is 0 Å². The average Bonchev–Trinajstić information content (AvgIpc) is 2.87. The van der Waals surface area contributed by atoms with Crippen LogP contribution in [0, 0.1) is 18.3 Å². The second kappa shape index (κ2) is 12.7. The van der Waals surface area contributed by atoms with Crippen LogP contribution < -0.4 is 10.1 Å². The molecule has 2 aromatic carbocycles. The Hall–Kier alpha value is -3.69. The fourth-order valence-corrected chi connectivity index (χ4v) is 3.42. The number of hydrogen-bond acceptors (Lipinski definition) is 5. The number of nitriles is 1. The smallest absolute Gasteiger partial charge is 0.251 e. The monoisotopic (exact) mass is 473 g/mol. The van der Waals surface area contributed by atoms with Gasteiger partial charge in [0.1, 0.15) is 12.4 Å². The van der Waals surface area contributed by atoms with Crippen LogP contribution in [-0.2, 0) is 25.2 Å². The number of aryl methyl sites for hydroxylation is 1. The lowest BCUT2D eigenvalue weighted by Crippen LogP contribution is -2.23. The third kappa shape index (κ3) is 7.40. The third-order valence-electron chi connectivity index (χ3n) is 5.48. The van der Waals surface area contributed by atoms with Crippen LogP contribution in [0.4, 0.5) is 0 Å². The minimum absolute atomic E-state index is 0.0838. The molecule has 35 heavy (non-hydrogen) atoms. The standard InChI is InChI=1S/C27H29N3O3.C2H6/c1-18-25(33-17-20-7-11-23(12-8-20)27(2,3)4)24(16-31)22(14-29-18)15-30-26(32)21-9-5-19(13-28)6-10-21;1-2/h5-12,14,31H,15-17H2,1-4H3,(H,30,32);1-2H3. The lowest BCUT2D eigenvalue weighted by molar-refractivity contribution is 0.0950. The lowest BCUT2D eigenvalue weighted by Gasteiger charge is -2.20. The summed E-state index contributed by atoms with van der Waals surface area (Å²) in [6.07, 6.45) is 1.64. The summed E-state index contributed by atoms with van der Waals surface area (Å²) in [6.45, 7) is 12.7. The number of ether oxygens (including phenoxy) is 1. The molecule has 0 saturated carbocycles. The number of aliphatic hydroxyl groups is 1. The predicted octanol–water partition coefficient (Wildman–Crippen LogP) is 5.59. The summed E-state index contributed by atoms with van der Waals surface area (Å²) in [4.78, 5) is 16.9. The molecule has 6 heteroatoms. The van der Waals surface area contributed by atoms with Gasteiger partial charge in [-0.05, 0) is 53.3 Å². The van der Waals surface area contributed by atoms with Crippen molar-refractivity contribution in [3.05, 3.63) is 93.8 Å². The molecule has 0 unspecified atom stereocenters. The zero-order valence-electron chi connectivity index (χ0n) is 21.5. The van der Waals surface area contributed by atoms with E-state index < -0.39 is 0 Å². The Bertz CT molecular complexity index is 1160. The number of amides is 1. The Morgan fingerprint density at radius 1 is 1.09 bits per heavy atom. The van der Waals surface area contributed by atoms with Crippen LogP contribution in [0.1, 0.15) is 78.5 Å². The van der Waals surface area contributed by atoms with Gasteiger partial charge in [-0.1, -0.05) is 58.9 Å². The summed E-state index contributed by atoms with van der Waals surface area (Å²) in [7, 11) is 0. The minimum atomic E-state index is -0.273. The van der Waals surface area contributed by atoms with Crippen LogP contribution in [-0.4, -0.2) is 16.0 Å². The van der Waals surface area contributed by atoms with Crippen LogP contribution in [0.3, 0.4) is 0 Å². The summed E-state index contributed by atoms with van der Waals surface area (Å²) in [6, 6.07) is 16.7. The molecule has 1 heterocycles. The van der Waals surface area contributed by atoms with Crippen LogP contribution in [0.5, 0.6) is 5.75 Å².